The van der Waals surface area contributed by atoms with E-state index in [9.17, 15) is 27.6 Å². The molecule has 1 N–H and O–H groups in total. The summed E-state index contributed by atoms with van der Waals surface area (Å²) in [6.45, 7) is -0.692. The second-order valence-corrected chi connectivity index (χ2v) is 6.64. The summed E-state index contributed by atoms with van der Waals surface area (Å²) in [5.74, 6) is -0.316. The number of benzene rings is 2. The van der Waals surface area contributed by atoms with Crippen LogP contribution in [0.1, 0.15) is 21.6 Å². The third-order valence-electron chi connectivity index (χ3n) is 4.33. The summed E-state index contributed by atoms with van der Waals surface area (Å²) in [5.41, 5.74) is -0.892. The lowest BCUT2D eigenvalue weighted by Gasteiger charge is -2.10. The van der Waals surface area contributed by atoms with Gasteiger partial charge in [-0.05, 0) is 30.3 Å². The largest absolute Gasteiger partial charge is 0.484 e. The topological polar surface area (TPSA) is 90.3 Å². The highest BCUT2D eigenvalue weighted by atomic mass is 19.4. The fraction of sp³-hybridized carbons (Fsp3) is 0.182. The number of rotatable bonds is 8. The summed E-state index contributed by atoms with van der Waals surface area (Å²) in [5, 5.41) is 5.69. The van der Waals surface area contributed by atoms with Crippen molar-refractivity contribution < 1.29 is 27.5 Å². The summed E-state index contributed by atoms with van der Waals surface area (Å²) in [6.07, 6.45) is -4.67. The van der Waals surface area contributed by atoms with Crippen LogP contribution in [0.3, 0.4) is 0 Å². The van der Waals surface area contributed by atoms with Crippen LogP contribution in [-0.2, 0) is 17.5 Å². The van der Waals surface area contributed by atoms with Gasteiger partial charge in [0.15, 0.2) is 18.1 Å². The summed E-state index contributed by atoms with van der Waals surface area (Å²) in [7, 11) is 0. The number of carbonyl (C=O) groups excluding carboxylic acids is 2. The third kappa shape index (κ3) is 6.03. The van der Waals surface area contributed by atoms with Crippen molar-refractivity contribution >= 4 is 11.7 Å². The molecule has 0 unspecified atom stereocenters. The van der Waals surface area contributed by atoms with Crippen LogP contribution in [0, 0.1) is 0 Å². The monoisotopic (exact) mass is 445 g/mol. The number of nitrogens with zero attached hydrogens (tertiary/aromatic N) is 2. The molecule has 0 radical (unpaired) electrons. The zero-order chi connectivity index (χ0) is 23.1. The maximum atomic E-state index is 12.7. The molecule has 0 saturated heterocycles. The SMILES string of the molecule is O=C(COc1ccc(C(=O)c2ccccc2)cc1)NCCn1nc(C(F)(F)F)ccc1=O. The Balaban J connectivity index is 1.47. The van der Waals surface area contributed by atoms with Crippen LogP contribution in [0.5, 0.6) is 5.75 Å². The first-order valence-corrected chi connectivity index (χ1v) is 9.49. The van der Waals surface area contributed by atoms with Crippen molar-refractivity contribution in [3.8, 4) is 5.75 Å². The number of hydrogen-bond donors (Lipinski definition) is 1. The van der Waals surface area contributed by atoms with Crippen molar-refractivity contribution in [2.45, 2.75) is 12.7 Å². The predicted octanol–water partition coefficient (Wildman–Crippen LogP) is 2.69. The number of halogens is 3. The molecule has 0 spiro atoms. The van der Waals surface area contributed by atoms with Crippen LogP contribution in [0.25, 0.3) is 0 Å². The fourth-order valence-electron chi connectivity index (χ4n) is 2.72. The van der Waals surface area contributed by atoms with Crippen LogP contribution in [0.4, 0.5) is 13.2 Å². The van der Waals surface area contributed by atoms with E-state index in [-0.39, 0.29) is 25.5 Å². The molecular formula is C22H18F3N3O4. The molecule has 1 heterocycles. The van der Waals surface area contributed by atoms with Gasteiger partial charge < -0.3 is 10.1 Å². The summed E-state index contributed by atoms with van der Waals surface area (Å²) in [6, 6.07) is 16.4. The van der Waals surface area contributed by atoms with E-state index in [2.05, 4.69) is 10.4 Å². The maximum absolute atomic E-state index is 12.7. The number of alkyl halides is 3. The number of hydrogen-bond acceptors (Lipinski definition) is 5. The minimum absolute atomic E-state index is 0.110. The Bertz CT molecular complexity index is 1140. The van der Waals surface area contributed by atoms with E-state index < -0.39 is 23.3 Å². The molecule has 3 rings (SSSR count). The zero-order valence-electron chi connectivity index (χ0n) is 16.6. The van der Waals surface area contributed by atoms with Crippen LogP contribution in [0.2, 0.25) is 0 Å². The zero-order valence-corrected chi connectivity index (χ0v) is 16.6. The normalized spacial score (nSPS) is 11.1. The minimum atomic E-state index is -4.67. The number of ketones is 1. The first kappa shape index (κ1) is 22.7. The molecule has 0 aliphatic heterocycles. The van der Waals surface area contributed by atoms with Crippen LogP contribution < -0.4 is 15.6 Å². The highest BCUT2D eigenvalue weighted by Gasteiger charge is 2.33. The second-order valence-electron chi connectivity index (χ2n) is 6.64. The molecule has 0 aliphatic rings. The van der Waals surface area contributed by atoms with Gasteiger partial charge >= 0.3 is 6.18 Å². The van der Waals surface area contributed by atoms with E-state index in [1.807, 2.05) is 6.07 Å². The van der Waals surface area contributed by atoms with Crippen LogP contribution >= 0.6 is 0 Å². The van der Waals surface area contributed by atoms with Crippen molar-refractivity contribution in [3.63, 3.8) is 0 Å². The van der Waals surface area contributed by atoms with Gasteiger partial charge in [-0.25, -0.2) is 4.68 Å². The third-order valence-corrected chi connectivity index (χ3v) is 4.33. The van der Waals surface area contributed by atoms with Gasteiger partial charge in [-0.3, -0.25) is 14.4 Å². The molecular weight excluding hydrogens is 427 g/mol. The van der Waals surface area contributed by atoms with E-state index in [0.717, 1.165) is 6.07 Å². The number of nitrogens with one attached hydrogen (secondary N) is 1. The molecule has 1 aromatic heterocycles. The van der Waals surface area contributed by atoms with E-state index in [1.165, 1.54) is 0 Å². The van der Waals surface area contributed by atoms with Crippen molar-refractivity contribution in [1.29, 1.82) is 0 Å². The number of aromatic nitrogens is 2. The smallest absolute Gasteiger partial charge is 0.435 e. The minimum Gasteiger partial charge on any atom is -0.484 e. The highest BCUT2D eigenvalue weighted by molar-refractivity contribution is 6.08. The number of carbonyl (C=O) groups is 2. The maximum Gasteiger partial charge on any atom is 0.435 e. The van der Waals surface area contributed by atoms with Crippen LogP contribution in [0.15, 0.2) is 71.5 Å². The van der Waals surface area contributed by atoms with Gasteiger partial charge in [0.2, 0.25) is 0 Å². The summed E-state index contributed by atoms with van der Waals surface area (Å²) >= 11 is 0. The molecule has 3 aromatic rings. The lowest BCUT2D eigenvalue weighted by atomic mass is 10.0. The van der Waals surface area contributed by atoms with Gasteiger partial charge in [0.05, 0.1) is 6.54 Å². The molecule has 32 heavy (non-hydrogen) atoms. The lowest BCUT2D eigenvalue weighted by Crippen LogP contribution is -2.35. The predicted molar refractivity (Wildman–Crippen MR) is 108 cm³/mol. The Hall–Kier alpha value is -3.95. The summed E-state index contributed by atoms with van der Waals surface area (Å²) < 4.78 is 44.0. The first-order valence-electron chi connectivity index (χ1n) is 9.49. The van der Waals surface area contributed by atoms with Gasteiger partial charge in [0, 0.05) is 23.7 Å². The average Bonchev–Trinajstić information content (AvgIpc) is 2.78. The molecule has 0 fully saturated rings. The molecule has 0 atom stereocenters. The molecule has 0 saturated carbocycles. The van der Waals surface area contributed by atoms with E-state index in [4.69, 9.17) is 4.74 Å². The Labute approximate surface area is 180 Å². The number of ether oxygens (including phenoxy) is 1. The molecule has 7 nitrogen and oxygen atoms in total. The lowest BCUT2D eigenvalue weighted by molar-refractivity contribution is -0.142. The van der Waals surface area contributed by atoms with Crippen molar-refractivity contribution in [2.24, 2.45) is 0 Å². The molecule has 1 amide bonds. The van der Waals surface area contributed by atoms with E-state index in [1.54, 1.807) is 48.5 Å². The van der Waals surface area contributed by atoms with Gasteiger partial charge in [-0.15, -0.1) is 0 Å². The Morgan fingerprint density at radius 1 is 0.938 bits per heavy atom. The van der Waals surface area contributed by atoms with E-state index >= 15 is 0 Å². The van der Waals surface area contributed by atoms with Gasteiger partial charge in [-0.1, -0.05) is 30.3 Å². The van der Waals surface area contributed by atoms with Gasteiger partial charge in [0.25, 0.3) is 11.5 Å². The highest BCUT2D eigenvalue weighted by Crippen LogP contribution is 2.26. The molecule has 2 aromatic carbocycles. The second kappa shape index (κ2) is 9.90. The average molecular weight is 445 g/mol. The van der Waals surface area contributed by atoms with Gasteiger partial charge in [-0.2, -0.15) is 18.3 Å². The Morgan fingerprint density at radius 2 is 1.59 bits per heavy atom. The fourth-order valence-corrected chi connectivity index (χ4v) is 2.72. The summed E-state index contributed by atoms with van der Waals surface area (Å²) in [4.78, 5) is 35.9. The quantitative estimate of drug-likeness (QED) is 0.539. The number of amides is 1. The molecule has 0 bridgehead atoms. The van der Waals surface area contributed by atoms with Crippen molar-refractivity contribution in [1.82, 2.24) is 15.1 Å². The standard InChI is InChI=1S/C22H18F3N3O4/c23-22(24,25)18-10-11-20(30)28(27-18)13-12-26-19(29)14-32-17-8-6-16(7-9-17)21(31)15-4-2-1-3-5-15/h1-11H,12-14H2,(H,26,29). The first-order chi connectivity index (χ1) is 15.2. The van der Waals surface area contributed by atoms with E-state index in [0.29, 0.717) is 27.6 Å². The Kier molecular flexibility index (Phi) is 7.04. The molecule has 0 aliphatic carbocycles. The van der Waals surface area contributed by atoms with Crippen molar-refractivity contribution in [2.75, 3.05) is 13.2 Å². The molecule has 10 heteroatoms. The molecule has 166 valence electrons. The van der Waals surface area contributed by atoms with Gasteiger partial charge in [0.1, 0.15) is 5.75 Å². The van der Waals surface area contributed by atoms with Crippen molar-refractivity contribution in [3.05, 3.63) is 93.9 Å². The van der Waals surface area contributed by atoms with Crippen LogP contribution in [-0.4, -0.2) is 34.6 Å². The Morgan fingerprint density at radius 3 is 2.25 bits per heavy atom.